The molecule has 3 heterocycles. The van der Waals surface area contributed by atoms with Crippen LogP contribution in [-0.4, -0.2) is 11.7 Å². The summed E-state index contributed by atoms with van der Waals surface area (Å²) in [7, 11) is 0. The molecule has 0 saturated carbocycles. The summed E-state index contributed by atoms with van der Waals surface area (Å²) in [5, 5.41) is 5.72. The van der Waals surface area contributed by atoms with Crippen molar-refractivity contribution >= 4 is 57.1 Å². The molecule has 0 bridgehead atoms. The first-order chi connectivity index (χ1) is 29.7. The van der Waals surface area contributed by atoms with E-state index in [1.807, 2.05) is 29.6 Å². The lowest BCUT2D eigenvalue weighted by Gasteiger charge is -2.24. The van der Waals surface area contributed by atoms with Crippen molar-refractivity contribution in [2.75, 3.05) is 0 Å². The number of amidine groups is 2. The van der Waals surface area contributed by atoms with Gasteiger partial charge in [0.05, 0.1) is 0 Å². The lowest BCUT2D eigenvalue weighted by molar-refractivity contribution is 0.667. The van der Waals surface area contributed by atoms with E-state index in [1.54, 1.807) is 0 Å². The van der Waals surface area contributed by atoms with E-state index in [-0.39, 0.29) is 0 Å². The molecule has 0 amide bonds. The monoisotopic (exact) mass is 809 g/mol. The van der Waals surface area contributed by atoms with Crippen LogP contribution in [0.3, 0.4) is 0 Å². The highest BCUT2D eigenvalue weighted by atomic mass is 32.2. The first-order valence-corrected chi connectivity index (χ1v) is 22.4. The molecular weight excluding hydrogens is 771 g/mol. The van der Waals surface area contributed by atoms with Gasteiger partial charge in [0.25, 0.3) is 0 Å². The van der Waals surface area contributed by atoms with Crippen molar-refractivity contribution in [3.05, 3.63) is 203 Å². The van der Waals surface area contributed by atoms with Crippen LogP contribution in [0.4, 0.5) is 0 Å². The third-order valence-electron chi connectivity index (χ3n) is 12.3. The van der Waals surface area contributed by atoms with Gasteiger partial charge in [-0.1, -0.05) is 145 Å². The lowest BCUT2D eigenvalue weighted by atomic mass is 9.84. The molecule has 288 valence electrons. The van der Waals surface area contributed by atoms with Gasteiger partial charge >= 0.3 is 0 Å². The number of allylic oxidation sites excluding steroid dienone is 3. The minimum Gasteiger partial charge on any atom is -0.456 e. The minimum atomic E-state index is -0.440. The molecule has 1 N–H and O–H groups in total. The van der Waals surface area contributed by atoms with Gasteiger partial charge in [-0.2, -0.15) is 0 Å². The molecule has 60 heavy (non-hydrogen) atoms. The number of aryl methyl sites for hydroxylation is 1. The van der Waals surface area contributed by atoms with Crippen LogP contribution in [0.5, 0.6) is 0 Å². The molecular formula is C54H39N3OS2. The van der Waals surface area contributed by atoms with E-state index < -0.39 is 6.17 Å². The van der Waals surface area contributed by atoms with Gasteiger partial charge in [-0.15, -0.1) is 0 Å². The van der Waals surface area contributed by atoms with Crippen LogP contribution in [0, 0.1) is 0 Å². The fourth-order valence-corrected chi connectivity index (χ4v) is 11.7. The first-order valence-electron chi connectivity index (χ1n) is 20.8. The number of fused-ring (bicyclic) bond motifs is 8. The zero-order valence-electron chi connectivity index (χ0n) is 32.8. The van der Waals surface area contributed by atoms with Gasteiger partial charge in [-0.05, 0) is 119 Å². The van der Waals surface area contributed by atoms with E-state index in [0.29, 0.717) is 5.92 Å². The summed E-state index contributed by atoms with van der Waals surface area (Å²) < 4.78 is 6.59. The predicted octanol–water partition coefficient (Wildman–Crippen LogP) is 14.3. The van der Waals surface area contributed by atoms with Crippen molar-refractivity contribution in [1.29, 1.82) is 0 Å². The van der Waals surface area contributed by atoms with Crippen molar-refractivity contribution in [1.82, 2.24) is 5.32 Å². The van der Waals surface area contributed by atoms with Crippen LogP contribution in [-0.2, 0) is 6.42 Å². The molecule has 2 unspecified atom stereocenters. The number of nitrogens with one attached hydrogen (secondary N) is 1. The zero-order valence-corrected chi connectivity index (χ0v) is 34.4. The smallest absolute Gasteiger partial charge is 0.170 e. The van der Waals surface area contributed by atoms with E-state index in [9.17, 15) is 0 Å². The van der Waals surface area contributed by atoms with Crippen LogP contribution >= 0.6 is 23.5 Å². The fourth-order valence-electron chi connectivity index (χ4n) is 9.38. The average molecular weight is 810 g/mol. The highest BCUT2D eigenvalue weighted by Gasteiger charge is 2.29. The van der Waals surface area contributed by atoms with Gasteiger partial charge < -0.3 is 9.73 Å². The van der Waals surface area contributed by atoms with Gasteiger partial charge in [0, 0.05) is 47.4 Å². The molecule has 0 fully saturated rings. The molecule has 0 radical (unpaired) electrons. The Morgan fingerprint density at radius 3 is 2.13 bits per heavy atom. The van der Waals surface area contributed by atoms with Crippen molar-refractivity contribution in [2.45, 2.75) is 57.3 Å². The van der Waals surface area contributed by atoms with Crippen LogP contribution in [0.2, 0.25) is 0 Å². The van der Waals surface area contributed by atoms with E-state index >= 15 is 0 Å². The molecule has 12 rings (SSSR count). The molecule has 6 heteroatoms. The number of hydrogen-bond acceptors (Lipinski definition) is 6. The topological polar surface area (TPSA) is 49.9 Å². The van der Waals surface area contributed by atoms with Crippen LogP contribution in [0.1, 0.15) is 59.2 Å². The molecule has 2 aliphatic heterocycles. The molecule has 2 atom stereocenters. The predicted molar refractivity (Wildman–Crippen MR) is 249 cm³/mol. The largest absolute Gasteiger partial charge is 0.456 e. The minimum absolute atomic E-state index is 0.303. The van der Waals surface area contributed by atoms with Gasteiger partial charge in [0.2, 0.25) is 0 Å². The van der Waals surface area contributed by atoms with Crippen LogP contribution in [0.25, 0.3) is 44.2 Å². The second-order valence-corrected chi connectivity index (χ2v) is 18.1. The summed E-state index contributed by atoms with van der Waals surface area (Å²) in [6.07, 6.45) is 10.1. The maximum atomic E-state index is 6.59. The molecule has 8 aromatic rings. The third kappa shape index (κ3) is 6.25. The standard InChI is InChI=1S/C54H39N3OS2/c1-4-13-33(14-5-1)39-26-24-38-31-49-50(60-48-22-11-10-21-47(48)59-49)32-42(38)43-29-36(23-27-40(39)43)37-25-28-45-44(30-37)51-41(19-12-20-46(51)58-45)54-56-52(34-15-6-2-7-16-34)55-53(57-54)35-17-8-3-9-18-35/h1-8,10-17,19-23,25,27-32,39,54H,9,18,24,26H2,(H,55,56,57). The van der Waals surface area contributed by atoms with Crippen molar-refractivity contribution in [3.63, 3.8) is 0 Å². The van der Waals surface area contributed by atoms with Gasteiger partial charge in [0.15, 0.2) is 6.17 Å². The summed E-state index contributed by atoms with van der Waals surface area (Å²) >= 11 is 3.80. The van der Waals surface area contributed by atoms with Crippen molar-refractivity contribution < 1.29 is 4.42 Å². The Balaban J connectivity index is 0.999. The Hall–Kier alpha value is -6.34. The van der Waals surface area contributed by atoms with Gasteiger partial charge in [-0.25, -0.2) is 9.98 Å². The summed E-state index contributed by atoms with van der Waals surface area (Å²) in [5.74, 6) is 2.01. The summed E-state index contributed by atoms with van der Waals surface area (Å²) in [4.78, 5) is 15.9. The Labute approximate surface area is 357 Å². The number of nitrogens with zero attached hydrogens (tertiary/aromatic N) is 2. The van der Waals surface area contributed by atoms with E-state index in [4.69, 9.17) is 14.4 Å². The van der Waals surface area contributed by atoms with Crippen LogP contribution in [0.15, 0.2) is 209 Å². The Bertz CT molecular complexity index is 3140. The maximum absolute atomic E-state index is 6.59. The summed E-state index contributed by atoms with van der Waals surface area (Å²) in [6, 6.07) is 55.3. The van der Waals surface area contributed by atoms with Crippen molar-refractivity contribution in [2.24, 2.45) is 9.98 Å². The summed E-state index contributed by atoms with van der Waals surface area (Å²) in [5.41, 5.74) is 14.2. The Kier molecular flexibility index (Phi) is 8.74. The SMILES string of the molecule is C1=CCCC(C2=NC(c3cccc4oc5ccc(-c6ccc7c(c6)-c6cc8c(cc6CCC7c6ccccc6)Sc6ccccc6S8)cc5c34)N=C(c3ccccc3)N2)=C1. The molecule has 4 nitrogen and oxygen atoms in total. The summed E-state index contributed by atoms with van der Waals surface area (Å²) in [6.45, 7) is 0. The average Bonchev–Trinajstić information content (AvgIpc) is 3.62. The molecule has 0 saturated heterocycles. The van der Waals surface area contributed by atoms with E-state index in [1.165, 1.54) is 58.5 Å². The van der Waals surface area contributed by atoms with Crippen molar-refractivity contribution in [3.8, 4) is 22.3 Å². The number of furan rings is 1. The highest BCUT2D eigenvalue weighted by Crippen LogP contribution is 2.52. The molecule has 7 aromatic carbocycles. The lowest BCUT2D eigenvalue weighted by Crippen LogP contribution is -2.36. The Morgan fingerprint density at radius 1 is 0.567 bits per heavy atom. The zero-order chi connectivity index (χ0) is 39.6. The molecule has 0 spiro atoms. The second kappa shape index (κ2) is 14.7. The molecule has 4 aliphatic rings. The quantitative estimate of drug-likeness (QED) is 0.188. The van der Waals surface area contributed by atoms with E-state index in [2.05, 4.69) is 169 Å². The van der Waals surface area contributed by atoms with Gasteiger partial charge in [-0.3, -0.25) is 0 Å². The number of hydrogen-bond donors (Lipinski definition) is 1. The van der Waals surface area contributed by atoms with Crippen LogP contribution < -0.4 is 5.32 Å². The highest BCUT2D eigenvalue weighted by molar-refractivity contribution is 8.05. The second-order valence-electron chi connectivity index (χ2n) is 15.9. The number of benzene rings is 7. The fraction of sp³-hybridized carbons (Fsp3) is 0.111. The third-order valence-corrected chi connectivity index (χ3v) is 14.9. The molecule has 1 aromatic heterocycles. The normalized spacial score (nSPS) is 18.0. The number of aliphatic imine (C=N–C) groups is 2. The Morgan fingerprint density at radius 2 is 1.32 bits per heavy atom. The molecule has 2 aliphatic carbocycles. The number of rotatable bonds is 5. The van der Waals surface area contributed by atoms with Gasteiger partial charge in [0.1, 0.15) is 22.8 Å². The van der Waals surface area contributed by atoms with E-state index in [0.717, 1.165) is 76.0 Å². The first kappa shape index (κ1) is 35.6. The maximum Gasteiger partial charge on any atom is 0.170 e.